The summed E-state index contributed by atoms with van der Waals surface area (Å²) in [6.45, 7) is 4.61. The van der Waals surface area contributed by atoms with Crippen molar-refractivity contribution in [2.75, 3.05) is 4.90 Å². The van der Waals surface area contributed by atoms with E-state index in [1.165, 1.54) is 10.5 Å². The monoisotopic (exact) mass is 465 g/mol. The lowest BCUT2D eigenvalue weighted by Crippen LogP contribution is -2.54. The highest BCUT2D eigenvalue weighted by atomic mass is 32.1. The van der Waals surface area contributed by atoms with Gasteiger partial charge < -0.3 is 4.57 Å². The van der Waals surface area contributed by atoms with Gasteiger partial charge in [-0.2, -0.15) is 0 Å². The van der Waals surface area contributed by atoms with Gasteiger partial charge in [0.25, 0.3) is 11.8 Å². The maximum Gasteiger partial charge on any atom is 0.270 e. The molecule has 3 aromatic carbocycles. The lowest BCUT2D eigenvalue weighted by molar-refractivity contribution is -0.122. The van der Waals surface area contributed by atoms with Crippen LogP contribution in [0.2, 0.25) is 0 Å². The lowest BCUT2D eigenvalue weighted by Gasteiger charge is -2.30. The van der Waals surface area contributed by atoms with Crippen LogP contribution in [0.1, 0.15) is 22.3 Å². The van der Waals surface area contributed by atoms with E-state index < -0.39 is 11.8 Å². The van der Waals surface area contributed by atoms with Crippen LogP contribution >= 0.6 is 12.2 Å². The summed E-state index contributed by atoms with van der Waals surface area (Å²) >= 11 is 5.38. The Balaban J connectivity index is 1.59. The van der Waals surface area contributed by atoms with Crippen LogP contribution in [0.4, 0.5) is 5.69 Å². The van der Waals surface area contributed by atoms with E-state index in [9.17, 15) is 9.59 Å². The average molecular weight is 466 g/mol. The zero-order chi connectivity index (χ0) is 23.8. The minimum atomic E-state index is -0.489. The van der Waals surface area contributed by atoms with E-state index in [-0.39, 0.29) is 10.7 Å². The minimum Gasteiger partial charge on any atom is -0.342 e. The van der Waals surface area contributed by atoms with Crippen molar-refractivity contribution in [3.63, 3.8) is 0 Å². The number of hydrogen-bond acceptors (Lipinski definition) is 3. The van der Waals surface area contributed by atoms with Crippen LogP contribution in [-0.4, -0.2) is 21.5 Å². The van der Waals surface area contributed by atoms with Gasteiger partial charge in [0.1, 0.15) is 5.57 Å². The first-order chi connectivity index (χ1) is 16.4. The van der Waals surface area contributed by atoms with Crippen molar-refractivity contribution in [3.8, 4) is 0 Å². The Bertz CT molecular complexity index is 1480. The fourth-order valence-corrected chi connectivity index (χ4v) is 4.58. The van der Waals surface area contributed by atoms with Crippen molar-refractivity contribution >= 4 is 51.8 Å². The van der Waals surface area contributed by atoms with Gasteiger partial charge in [-0.25, -0.2) is 0 Å². The highest BCUT2D eigenvalue weighted by Gasteiger charge is 2.35. The van der Waals surface area contributed by atoms with E-state index >= 15 is 0 Å². The Morgan fingerprint density at radius 1 is 0.912 bits per heavy atom. The molecular formula is C28H23N3O2S. The largest absolute Gasteiger partial charge is 0.342 e. The summed E-state index contributed by atoms with van der Waals surface area (Å²) in [5.74, 6) is -0.918. The van der Waals surface area contributed by atoms with Crippen LogP contribution in [-0.2, 0) is 16.1 Å². The Hall–Kier alpha value is -4.03. The van der Waals surface area contributed by atoms with E-state index in [0.717, 1.165) is 27.6 Å². The van der Waals surface area contributed by atoms with Crippen molar-refractivity contribution < 1.29 is 9.59 Å². The molecular weight excluding hydrogens is 442 g/mol. The Kier molecular flexibility index (Phi) is 5.59. The van der Waals surface area contributed by atoms with Crippen LogP contribution in [0.3, 0.4) is 0 Å². The minimum absolute atomic E-state index is 0.0529. The molecule has 34 heavy (non-hydrogen) atoms. The number of thiocarbonyl (C=S) groups is 1. The number of fused-ring (bicyclic) bond motifs is 1. The molecule has 5 rings (SSSR count). The normalized spacial score (nSPS) is 15.3. The van der Waals surface area contributed by atoms with Crippen molar-refractivity contribution in [1.82, 2.24) is 9.88 Å². The molecule has 0 saturated carbocycles. The van der Waals surface area contributed by atoms with Crippen LogP contribution in [0.15, 0.2) is 84.6 Å². The van der Waals surface area contributed by atoms with Crippen LogP contribution < -0.4 is 10.2 Å². The fourth-order valence-electron chi connectivity index (χ4n) is 4.31. The van der Waals surface area contributed by atoms with E-state index in [1.54, 1.807) is 6.08 Å². The molecule has 0 unspecified atom stereocenters. The second-order valence-electron chi connectivity index (χ2n) is 8.39. The quantitative estimate of drug-likeness (QED) is 0.258. The van der Waals surface area contributed by atoms with Crippen LogP contribution in [0.5, 0.6) is 0 Å². The number of aromatic nitrogens is 1. The summed E-state index contributed by atoms with van der Waals surface area (Å²) < 4.78 is 2.13. The molecule has 1 aliphatic heterocycles. The number of para-hydroxylation sites is 1. The van der Waals surface area contributed by atoms with E-state index in [1.807, 2.05) is 80.7 Å². The highest BCUT2D eigenvalue weighted by molar-refractivity contribution is 7.80. The van der Waals surface area contributed by atoms with Gasteiger partial charge >= 0.3 is 0 Å². The maximum absolute atomic E-state index is 13.6. The molecule has 1 saturated heterocycles. The molecule has 0 radical (unpaired) electrons. The molecule has 6 heteroatoms. The van der Waals surface area contributed by atoms with E-state index in [2.05, 4.69) is 22.0 Å². The topological polar surface area (TPSA) is 54.3 Å². The maximum atomic E-state index is 13.6. The zero-order valence-electron chi connectivity index (χ0n) is 18.9. The number of nitrogens with one attached hydrogen (secondary N) is 1. The molecule has 1 aromatic heterocycles. The molecule has 4 aromatic rings. The molecule has 0 bridgehead atoms. The van der Waals surface area contributed by atoms with Gasteiger partial charge in [0.05, 0.1) is 5.69 Å². The Labute approximate surface area is 203 Å². The first-order valence-corrected chi connectivity index (χ1v) is 11.4. The summed E-state index contributed by atoms with van der Waals surface area (Å²) in [7, 11) is 0. The zero-order valence-corrected chi connectivity index (χ0v) is 19.7. The van der Waals surface area contributed by atoms with E-state index in [0.29, 0.717) is 12.2 Å². The van der Waals surface area contributed by atoms with Gasteiger partial charge in [-0.3, -0.25) is 19.8 Å². The average Bonchev–Trinajstić information content (AvgIpc) is 3.17. The number of amides is 2. The smallest absolute Gasteiger partial charge is 0.270 e. The second-order valence-corrected chi connectivity index (χ2v) is 8.78. The molecule has 2 heterocycles. The predicted molar refractivity (Wildman–Crippen MR) is 140 cm³/mol. The third kappa shape index (κ3) is 3.82. The Morgan fingerprint density at radius 2 is 1.65 bits per heavy atom. The van der Waals surface area contributed by atoms with Crippen molar-refractivity contribution in [1.29, 1.82) is 0 Å². The van der Waals surface area contributed by atoms with Crippen molar-refractivity contribution in [3.05, 3.63) is 107 Å². The number of rotatable bonds is 4. The number of anilines is 1. The number of aryl methyl sites for hydroxylation is 1. The highest BCUT2D eigenvalue weighted by Crippen LogP contribution is 2.29. The summed E-state index contributed by atoms with van der Waals surface area (Å²) in [6, 6.07) is 23.9. The second kappa shape index (κ2) is 8.72. The number of hydrogen-bond donors (Lipinski definition) is 1. The van der Waals surface area contributed by atoms with Crippen molar-refractivity contribution in [2.24, 2.45) is 0 Å². The first kappa shape index (κ1) is 21.8. The number of benzene rings is 3. The summed E-state index contributed by atoms with van der Waals surface area (Å²) in [6.07, 6.45) is 3.65. The van der Waals surface area contributed by atoms with Crippen molar-refractivity contribution in [2.45, 2.75) is 20.4 Å². The fraction of sp³-hybridized carbons (Fsp3) is 0.107. The molecule has 5 nitrogen and oxygen atoms in total. The first-order valence-electron chi connectivity index (χ1n) is 11.0. The molecule has 1 N–H and O–H groups in total. The SMILES string of the molecule is Cc1cccc(N2C(=O)/C(=C/c3cn(Cc4ccccc4)c4ccccc34)C(=O)NC2=S)c1C. The van der Waals surface area contributed by atoms with Gasteiger partial charge in [0.15, 0.2) is 5.11 Å². The number of nitrogens with zero attached hydrogens (tertiary/aromatic N) is 2. The van der Waals surface area contributed by atoms with Crippen LogP contribution in [0, 0.1) is 13.8 Å². The molecule has 0 aliphatic carbocycles. The predicted octanol–water partition coefficient (Wildman–Crippen LogP) is 5.14. The molecule has 2 amide bonds. The Morgan fingerprint density at radius 3 is 2.44 bits per heavy atom. The molecule has 1 aliphatic rings. The third-order valence-corrected chi connectivity index (χ3v) is 6.52. The van der Waals surface area contributed by atoms with Gasteiger partial charge in [-0.15, -0.1) is 0 Å². The van der Waals surface area contributed by atoms with Crippen LogP contribution in [0.25, 0.3) is 17.0 Å². The summed E-state index contributed by atoms with van der Waals surface area (Å²) in [5, 5.41) is 3.75. The summed E-state index contributed by atoms with van der Waals surface area (Å²) in [5.41, 5.74) is 5.71. The molecule has 0 spiro atoms. The van der Waals surface area contributed by atoms with Gasteiger partial charge in [0.2, 0.25) is 0 Å². The third-order valence-electron chi connectivity index (χ3n) is 6.23. The van der Waals surface area contributed by atoms with Gasteiger partial charge in [-0.05, 0) is 61.0 Å². The molecule has 1 fully saturated rings. The lowest BCUT2D eigenvalue weighted by atomic mass is 10.0. The van der Waals surface area contributed by atoms with Gasteiger partial charge in [-0.1, -0.05) is 60.7 Å². The van der Waals surface area contributed by atoms with E-state index in [4.69, 9.17) is 12.2 Å². The molecule has 168 valence electrons. The standard InChI is InChI=1S/C28H23N3O2S/c1-18-9-8-14-24(19(18)2)31-27(33)23(26(32)29-28(31)34)15-21-17-30(16-20-10-4-3-5-11-20)25-13-7-6-12-22(21)25/h3-15,17H,16H2,1-2H3,(H,29,32,34)/b23-15+. The summed E-state index contributed by atoms with van der Waals surface area (Å²) in [4.78, 5) is 27.8. The number of carbonyl (C=O) groups excluding carboxylic acids is 2. The number of carbonyl (C=O) groups is 2. The molecule has 0 atom stereocenters. The van der Waals surface area contributed by atoms with Gasteiger partial charge in [0, 0.05) is 29.2 Å².